The van der Waals surface area contributed by atoms with Crippen molar-refractivity contribution in [1.29, 1.82) is 0 Å². The number of aryl methyl sites for hydroxylation is 1. The second-order valence-corrected chi connectivity index (χ2v) is 5.24. The number of hydrogen-bond donors (Lipinski definition) is 1. The molecule has 1 aliphatic heterocycles. The molecule has 1 saturated heterocycles. The Hall–Kier alpha value is -2.11. The molecular formula is C15H21N3O3. The van der Waals surface area contributed by atoms with Gasteiger partial charge in [0.05, 0.1) is 0 Å². The summed E-state index contributed by atoms with van der Waals surface area (Å²) < 4.78 is 1.59. The smallest absolute Gasteiger partial charge is 0.250 e. The van der Waals surface area contributed by atoms with E-state index in [4.69, 9.17) is 0 Å². The number of nitrogens with zero attached hydrogens (tertiary/aromatic N) is 2. The maximum absolute atomic E-state index is 12.2. The molecule has 114 valence electrons. The number of nitrogens with one attached hydrogen (secondary N) is 1. The largest absolute Gasteiger partial charge is 0.354 e. The standard InChI is InChI=1S/C15H21N3O3/c1-12-15(21)16-8-5-11-18(12)14(20)7-4-10-17-9-3-2-6-13(17)19/h2-3,6,9,12H,4-5,7-8,10-11H2,1H3,(H,16,21)/t12-/m0/s1. The summed E-state index contributed by atoms with van der Waals surface area (Å²) in [7, 11) is 0. The van der Waals surface area contributed by atoms with E-state index in [1.165, 1.54) is 6.07 Å². The molecule has 21 heavy (non-hydrogen) atoms. The molecule has 2 rings (SSSR count). The molecule has 1 atom stereocenters. The molecule has 1 aromatic heterocycles. The number of amides is 2. The lowest BCUT2D eigenvalue weighted by Crippen LogP contribution is -2.45. The Labute approximate surface area is 123 Å². The second-order valence-electron chi connectivity index (χ2n) is 5.24. The van der Waals surface area contributed by atoms with Gasteiger partial charge in [-0.2, -0.15) is 0 Å². The van der Waals surface area contributed by atoms with Crippen LogP contribution in [-0.2, 0) is 16.1 Å². The molecule has 0 unspecified atom stereocenters. The van der Waals surface area contributed by atoms with E-state index in [1.54, 1.807) is 34.7 Å². The van der Waals surface area contributed by atoms with Crippen LogP contribution in [0.1, 0.15) is 26.2 Å². The van der Waals surface area contributed by atoms with E-state index in [-0.39, 0.29) is 17.4 Å². The highest BCUT2D eigenvalue weighted by atomic mass is 16.2. The number of carbonyl (C=O) groups excluding carboxylic acids is 2. The fourth-order valence-corrected chi connectivity index (χ4v) is 2.47. The monoisotopic (exact) mass is 291 g/mol. The first kappa shape index (κ1) is 15.3. The Balaban J connectivity index is 1.88. The van der Waals surface area contributed by atoms with Crippen LogP contribution in [0.5, 0.6) is 0 Å². The summed E-state index contributed by atoms with van der Waals surface area (Å²) in [6.07, 6.45) is 3.43. The van der Waals surface area contributed by atoms with Gasteiger partial charge in [-0.25, -0.2) is 0 Å². The first-order valence-electron chi connectivity index (χ1n) is 7.32. The predicted octanol–water partition coefficient (Wildman–Crippen LogP) is 0.365. The SMILES string of the molecule is C[C@H]1C(=O)NCCCN1C(=O)CCCn1ccccc1=O. The van der Waals surface area contributed by atoms with Gasteiger partial charge in [-0.3, -0.25) is 14.4 Å². The normalized spacial score (nSPS) is 19.0. The minimum absolute atomic E-state index is 0.0245. The van der Waals surface area contributed by atoms with Crippen LogP contribution in [0, 0.1) is 0 Å². The molecule has 0 radical (unpaired) electrons. The lowest BCUT2D eigenvalue weighted by molar-refractivity contribution is -0.138. The van der Waals surface area contributed by atoms with Crippen molar-refractivity contribution in [3.05, 3.63) is 34.7 Å². The molecule has 1 N–H and O–H groups in total. The van der Waals surface area contributed by atoms with Crippen molar-refractivity contribution < 1.29 is 9.59 Å². The Bertz CT molecular complexity index is 567. The fraction of sp³-hybridized carbons (Fsp3) is 0.533. The number of carbonyl (C=O) groups is 2. The highest BCUT2D eigenvalue weighted by molar-refractivity contribution is 5.87. The quantitative estimate of drug-likeness (QED) is 0.871. The summed E-state index contributed by atoms with van der Waals surface area (Å²) in [5.74, 6) is -0.122. The van der Waals surface area contributed by atoms with Gasteiger partial charge in [-0.05, 0) is 25.8 Å². The highest BCUT2D eigenvalue weighted by Crippen LogP contribution is 2.09. The molecule has 6 heteroatoms. The van der Waals surface area contributed by atoms with E-state index in [9.17, 15) is 14.4 Å². The third-order valence-electron chi connectivity index (χ3n) is 3.73. The maximum Gasteiger partial charge on any atom is 0.250 e. The topological polar surface area (TPSA) is 71.4 Å². The van der Waals surface area contributed by atoms with E-state index >= 15 is 0 Å². The zero-order valence-corrected chi connectivity index (χ0v) is 12.2. The minimum atomic E-state index is -0.417. The average molecular weight is 291 g/mol. The van der Waals surface area contributed by atoms with Gasteiger partial charge in [0.1, 0.15) is 6.04 Å². The first-order chi connectivity index (χ1) is 10.1. The van der Waals surface area contributed by atoms with Gasteiger partial charge in [0.2, 0.25) is 17.4 Å². The Kier molecular flexibility index (Phi) is 5.14. The summed E-state index contributed by atoms with van der Waals surface area (Å²) in [6, 6.07) is 4.58. The summed E-state index contributed by atoms with van der Waals surface area (Å²) in [5, 5.41) is 2.79. The first-order valence-corrected chi connectivity index (χ1v) is 7.32. The number of pyridine rings is 1. The van der Waals surface area contributed by atoms with E-state index in [1.807, 2.05) is 0 Å². The molecule has 2 heterocycles. The van der Waals surface area contributed by atoms with Gasteiger partial charge in [0.15, 0.2) is 0 Å². The lowest BCUT2D eigenvalue weighted by atomic mass is 10.2. The van der Waals surface area contributed by atoms with Gasteiger partial charge < -0.3 is 14.8 Å². The number of rotatable bonds is 4. The average Bonchev–Trinajstić information content (AvgIpc) is 2.63. The lowest BCUT2D eigenvalue weighted by Gasteiger charge is -2.25. The Morgan fingerprint density at radius 2 is 2.19 bits per heavy atom. The van der Waals surface area contributed by atoms with E-state index in [0.29, 0.717) is 32.5 Å². The molecule has 1 aromatic rings. The third kappa shape index (κ3) is 3.93. The molecule has 0 aliphatic carbocycles. The molecule has 2 amide bonds. The highest BCUT2D eigenvalue weighted by Gasteiger charge is 2.27. The summed E-state index contributed by atoms with van der Waals surface area (Å²) in [5.41, 5.74) is -0.0625. The molecular weight excluding hydrogens is 270 g/mol. The molecule has 0 spiro atoms. The van der Waals surface area contributed by atoms with Crippen molar-refractivity contribution in [3.63, 3.8) is 0 Å². The molecule has 1 aliphatic rings. The third-order valence-corrected chi connectivity index (χ3v) is 3.73. The van der Waals surface area contributed by atoms with Crippen LogP contribution in [0.2, 0.25) is 0 Å². The molecule has 6 nitrogen and oxygen atoms in total. The van der Waals surface area contributed by atoms with Crippen molar-refractivity contribution in [2.75, 3.05) is 13.1 Å². The van der Waals surface area contributed by atoms with Crippen LogP contribution in [0.4, 0.5) is 0 Å². The van der Waals surface area contributed by atoms with Crippen LogP contribution < -0.4 is 10.9 Å². The van der Waals surface area contributed by atoms with Gasteiger partial charge in [0.25, 0.3) is 0 Å². The molecule has 0 aromatic carbocycles. The van der Waals surface area contributed by atoms with Crippen LogP contribution in [0.15, 0.2) is 29.2 Å². The van der Waals surface area contributed by atoms with Crippen LogP contribution >= 0.6 is 0 Å². The number of hydrogen-bond acceptors (Lipinski definition) is 3. The maximum atomic E-state index is 12.2. The molecule has 0 bridgehead atoms. The minimum Gasteiger partial charge on any atom is -0.354 e. The van der Waals surface area contributed by atoms with Gasteiger partial charge in [0, 0.05) is 38.3 Å². The molecule has 1 fully saturated rings. The molecule has 0 saturated carbocycles. The van der Waals surface area contributed by atoms with Gasteiger partial charge >= 0.3 is 0 Å². The zero-order chi connectivity index (χ0) is 15.2. The van der Waals surface area contributed by atoms with Crippen LogP contribution in [0.3, 0.4) is 0 Å². The van der Waals surface area contributed by atoms with Crippen molar-refractivity contribution in [3.8, 4) is 0 Å². The number of aromatic nitrogens is 1. The fourth-order valence-electron chi connectivity index (χ4n) is 2.47. The predicted molar refractivity (Wildman–Crippen MR) is 78.7 cm³/mol. The zero-order valence-electron chi connectivity index (χ0n) is 12.2. The Morgan fingerprint density at radius 1 is 1.38 bits per heavy atom. The summed E-state index contributed by atoms with van der Waals surface area (Å²) >= 11 is 0. The van der Waals surface area contributed by atoms with Crippen LogP contribution in [0.25, 0.3) is 0 Å². The summed E-state index contributed by atoms with van der Waals surface area (Å²) in [4.78, 5) is 37.1. The second kappa shape index (κ2) is 7.06. The van der Waals surface area contributed by atoms with Crippen LogP contribution in [-0.4, -0.2) is 40.4 Å². The van der Waals surface area contributed by atoms with E-state index in [0.717, 1.165) is 6.42 Å². The Morgan fingerprint density at radius 3 is 2.95 bits per heavy atom. The van der Waals surface area contributed by atoms with Crippen molar-refractivity contribution in [2.24, 2.45) is 0 Å². The van der Waals surface area contributed by atoms with Crippen molar-refractivity contribution in [1.82, 2.24) is 14.8 Å². The van der Waals surface area contributed by atoms with Gasteiger partial charge in [-0.15, -0.1) is 0 Å². The van der Waals surface area contributed by atoms with Crippen molar-refractivity contribution >= 4 is 11.8 Å². The van der Waals surface area contributed by atoms with Crippen molar-refractivity contribution in [2.45, 2.75) is 38.8 Å². The summed E-state index contributed by atoms with van der Waals surface area (Å²) in [6.45, 7) is 3.48. The van der Waals surface area contributed by atoms with E-state index < -0.39 is 6.04 Å². The van der Waals surface area contributed by atoms with Gasteiger partial charge in [-0.1, -0.05) is 6.07 Å². The van der Waals surface area contributed by atoms with E-state index in [2.05, 4.69) is 5.32 Å².